The molecule has 1 N–H and O–H groups in total. The summed E-state index contributed by atoms with van der Waals surface area (Å²) < 4.78 is 1.94. The number of aryl methyl sites for hydroxylation is 1. The average Bonchev–Trinajstić information content (AvgIpc) is 2.80. The molecule has 0 aliphatic heterocycles. The Balaban J connectivity index is 2.26. The van der Waals surface area contributed by atoms with Crippen LogP contribution in [0.1, 0.15) is 37.0 Å². The van der Waals surface area contributed by atoms with Gasteiger partial charge < -0.3 is 19.7 Å². The van der Waals surface area contributed by atoms with Crippen LogP contribution in [-0.2, 0) is 13.6 Å². The maximum atomic E-state index is 12.2. The molecule has 25 heavy (non-hydrogen) atoms. The molecule has 0 unspecified atom stereocenters. The molecule has 0 aliphatic rings. The number of rotatable bonds is 3. The topological polar surface area (TPSA) is 70.5 Å². The lowest BCUT2D eigenvalue weighted by Gasteiger charge is -2.25. The van der Waals surface area contributed by atoms with Crippen LogP contribution in [0.25, 0.3) is 11.0 Å². The van der Waals surface area contributed by atoms with Gasteiger partial charge >= 0.3 is 6.03 Å². The van der Waals surface area contributed by atoms with Gasteiger partial charge in [0.15, 0.2) is 0 Å². The van der Waals surface area contributed by atoms with Gasteiger partial charge in [-0.2, -0.15) is 0 Å². The highest BCUT2D eigenvalue weighted by Crippen LogP contribution is 2.18. The van der Waals surface area contributed by atoms with Gasteiger partial charge in [-0.1, -0.05) is 0 Å². The summed E-state index contributed by atoms with van der Waals surface area (Å²) in [6.45, 7) is 6.20. The van der Waals surface area contributed by atoms with Crippen molar-refractivity contribution in [2.45, 2.75) is 32.9 Å². The Labute approximate surface area is 148 Å². The van der Waals surface area contributed by atoms with E-state index in [4.69, 9.17) is 0 Å². The van der Waals surface area contributed by atoms with Gasteiger partial charge in [0.05, 0.1) is 17.6 Å². The van der Waals surface area contributed by atoms with E-state index in [-0.39, 0.29) is 17.5 Å². The molecule has 1 heterocycles. The Morgan fingerprint density at radius 1 is 1.20 bits per heavy atom. The number of imidazole rings is 1. The van der Waals surface area contributed by atoms with Crippen LogP contribution >= 0.6 is 0 Å². The number of aromatic nitrogens is 2. The summed E-state index contributed by atoms with van der Waals surface area (Å²) in [4.78, 5) is 32.1. The SMILES string of the molecule is CN(C)C(=O)c1ccc2c(c1)nc(CN(C)C(=O)NC(C)(C)C)n2C. The third-order valence-electron chi connectivity index (χ3n) is 3.83. The van der Waals surface area contributed by atoms with E-state index >= 15 is 0 Å². The normalized spacial score (nSPS) is 11.5. The third kappa shape index (κ3) is 4.29. The maximum absolute atomic E-state index is 12.2. The van der Waals surface area contributed by atoms with Crippen LogP contribution in [0, 0.1) is 0 Å². The fraction of sp³-hybridized carbons (Fsp3) is 0.500. The Bertz CT molecular complexity index is 802. The molecular formula is C18H27N5O2. The molecule has 2 rings (SSSR count). The van der Waals surface area contributed by atoms with Gasteiger partial charge in [0, 0.05) is 39.3 Å². The van der Waals surface area contributed by atoms with Gasteiger partial charge in [0.25, 0.3) is 5.91 Å². The van der Waals surface area contributed by atoms with Gasteiger partial charge in [-0.3, -0.25) is 4.79 Å². The molecule has 2 aromatic rings. The highest BCUT2D eigenvalue weighted by atomic mass is 16.2. The van der Waals surface area contributed by atoms with Crippen LogP contribution in [0.5, 0.6) is 0 Å². The summed E-state index contributed by atoms with van der Waals surface area (Å²) in [6.07, 6.45) is 0. The monoisotopic (exact) mass is 345 g/mol. The number of hydrogen-bond acceptors (Lipinski definition) is 3. The summed E-state index contributed by atoms with van der Waals surface area (Å²) >= 11 is 0. The number of hydrogen-bond donors (Lipinski definition) is 1. The Hall–Kier alpha value is -2.57. The van der Waals surface area contributed by atoms with Crippen molar-refractivity contribution in [2.24, 2.45) is 7.05 Å². The molecule has 1 aromatic carbocycles. The van der Waals surface area contributed by atoms with Crippen molar-refractivity contribution in [2.75, 3.05) is 21.1 Å². The smallest absolute Gasteiger partial charge is 0.317 e. The van der Waals surface area contributed by atoms with E-state index in [9.17, 15) is 9.59 Å². The van der Waals surface area contributed by atoms with Gasteiger partial charge in [-0.15, -0.1) is 0 Å². The van der Waals surface area contributed by atoms with E-state index in [0.29, 0.717) is 12.1 Å². The quantitative estimate of drug-likeness (QED) is 0.927. The fourth-order valence-corrected chi connectivity index (χ4v) is 2.48. The molecule has 7 heteroatoms. The fourth-order valence-electron chi connectivity index (χ4n) is 2.48. The van der Waals surface area contributed by atoms with Crippen molar-refractivity contribution >= 4 is 23.0 Å². The summed E-state index contributed by atoms with van der Waals surface area (Å²) in [5.41, 5.74) is 1.98. The van der Waals surface area contributed by atoms with Crippen molar-refractivity contribution in [1.82, 2.24) is 24.7 Å². The Morgan fingerprint density at radius 2 is 1.84 bits per heavy atom. The summed E-state index contributed by atoms with van der Waals surface area (Å²) in [6, 6.07) is 5.32. The van der Waals surface area contributed by atoms with Gasteiger partial charge in [0.2, 0.25) is 0 Å². The number of fused-ring (bicyclic) bond motifs is 1. The second kappa shape index (κ2) is 6.74. The second-order valence-electron chi connectivity index (χ2n) is 7.53. The van der Waals surface area contributed by atoms with E-state index < -0.39 is 0 Å². The van der Waals surface area contributed by atoms with Gasteiger partial charge in [-0.05, 0) is 39.0 Å². The average molecular weight is 345 g/mol. The van der Waals surface area contributed by atoms with E-state index in [1.165, 1.54) is 4.90 Å². The first kappa shape index (κ1) is 18.8. The molecule has 0 saturated carbocycles. The standard InChI is InChI=1S/C18H27N5O2/c1-18(2,3)20-17(25)22(6)11-15-19-13-10-12(16(24)21(4)5)8-9-14(13)23(15)7/h8-10H,11H2,1-7H3,(H,20,25). The highest BCUT2D eigenvalue weighted by molar-refractivity contribution is 5.97. The molecule has 136 valence electrons. The Kier molecular flexibility index (Phi) is 5.06. The molecular weight excluding hydrogens is 318 g/mol. The predicted octanol–water partition coefficient (Wildman–Crippen LogP) is 2.21. The van der Waals surface area contributed by atoms with Gasteiger partial charge in [-0.25, -0.2) is 9.78 Å². The lowest BCUT2D eigenvalue weighted by molar-refractivity contribution is 0.0827. The number of carbonyl (C=O) groups excluding carboxylic acids is 2. The number of benzene rings is 1. The number of carbonyl (C=O) groups is 2. The first-order chi connectivity index (χ1) is 11.5. The van der Waals surface area contributed by atoms with E-state index in [1.807, 2.05) is 38.5 Å². The zero-order chi connectivity index (χ0) is 18.9. The number of amides is 3. The van der Waals surface area contributed by atoms with Crippen LogP contribution in [0.2, 0.25) is 0 Å². The molecule has 0 atom stereocenters. The molecule has 7 nitrogen and oxygen atoms in total. The zero-order valence-electron chi connectivity index (χ0n) is 16.0. The van der Waals surface area contributed by atoms with Crippen molar-refractivity contribution < 1.29 is 9.59 Å². The lowest BCUT2D eigenvalue weighted by Crippen LogP contribution is -2.47. The lowest BCUT2D eigenvalue weighted by atomic mass is 10.1. The van der Waals surface area contributed by atoms with Crippen LogP contribution < -0.4 is 5.32 Å². The largest absolute Gasteiger partial charge is 0.345 e. The zero-order valence-corrected chi connectivity index (χ0v) is 16.0. The van der Waals surface area contributed by atoms with Crippen molar-refractivity contribution in [3.63, 3.8) is 0 Å². The molecule has 0 aliphatic carbocycles. The number of urea groups is 1. The third-order valence-corrected chi connectivity index (χ3v) is 3.83. The molecule has 0 saturated heterocycles. The van der Waals surface area contributed by atoms with Crippen LogP contribution in [0.4, 0.5) is 4.79 Å². The van der Waals surface area contributed by atoms with Crippen molar-refractivity contribution in [1.29, 1.82) is 0 Å². The van der Waals surface area contributed by atoms with E-state index in [0.717, 1.165) is 16.9 Å². The van der Waals surface area contributed by atoms with E-state index in [1.54, 1.807) is 38.2 Å². The summed E-state index contributed by atoms with van der Waals surface area (Å²) in [5.74, 6) is 0.701. The van der Waals surface area contributed by atoms with Crippen LogP contribution in [0.3, 0.4) is 0 Å². The van der Waals surface area contributed by atoms with Crippen LogP contribution in [0.15, 0.2) is 18.2 Å². The molecule has 3 amide bonds. The number of nitrogens with zero attached hydrogens (tertiary/aromatic N) is 4. The molecule has 0 radical (unpaired) electrons. The van der Waals surface area contributed by atoms with Crippen LogP contribution in [-0.4, -0.2) is 58.0 Å². The first-order valence-electron chi connectivity index (χ1n) is 8.20. The van der Waals surface area contributed by atoms with E-state index in [2.05, 4.69) is 10.3 Å². The first-order valence-corrected chi connectivity index (χ1v) is 8.20. The van der Waals surface area contributed by atoms with Gasteiger partial charge in [0.1, 0.15) is 5.82 Å². The molecule has 1 aromatic heterocycles. The Morgan fingerprint density at radius 3 is 2.40 bits per heavy atom. The summed E-state index contributed by atoms with van der Waals surface area (Å²) in [7, 11) is 7.09. The minimum absolute atomic E-state index is 0.0595. The highest BCUT2D eigenvalue weighted by Gasteiger charge is 2.19. The number of nitrogens with one attached hydrogen (secondary N) is 1. The predicted molar refractivity (Wildman–Crippen MR) is 98.5 cm³/mol. The molecule has 0 spiro atoms. The second-order valence-corrected chi connectivity index (χ2v) is 7.53. The van der Waals surface area contributed by atoms with Crippen molar-refractivity contribution in [3.05, 3.63) is 29.6 Å². The summed E-state index contributed by atoms with van der Waals surface area (Å²) in [5, 5.41) is 2.93. The van der Waals surface area contributed by atoms with Crippen molar-refractivity contribution in [3.8, 4) is 0 Å². The minimum Gasteiger partial charge on any atom is -0.345 e. The molecule has 0 fully saturated rings. The maximum Gasteiger partial charge on any atom is 0.317 e. The molecule has 0 bridgehead atoms. The minimum atomic E-state index is -0.293.